The Hall–Kier alpha value is -0.970. The average Bonchev–Trinajstić information content (AvgIpc) is 2.27. The molecule has 1 aliphatic rings. The lowest BCUT2D eigenvalue weighted by molar-refractivity contribution is -0.144. The summed E-state index contributed by atoms with van der Waals surface area (Å²) in [6.45, 7) is 3.77. The largest absolute Gasteiger partial charge is 0.360 e. The second-order valence-electron chi connectivity index (χ2n) is 3.22. The molecule has 0 aromatic rings. The van der Waals surface area contributed by atoms with Gasteiger partial charge in [-0.1, -0.05) is 18.2 Å². The van der Waals surface area contributed by atoms with Crippen molar-refractivity contribution < 1.29 is 19.0 Å². The molecule has 0 amide bonds. The van der Waals surface area contributed by atoms with Crippen LogP contribution in [0.5, 0.6) is 0 Å². The maximum atomic E-state index is 10.8. The lowest BCUT2D eigenvalue weighted by atomic mass is 10.1. The van der Waals surface area contributed by atoms with Crippen molar-refractivity contribution in [3.05, 3.63) is 24.8 Å². The first kappa shape index (κ1) is 12.1. The van der Waals surface area contributed by atoms with Crippen LogP contribution >= 0.6 is 0 Å². The molecule has 0 radical (unpaired) electrons. The maximum Gasteiger partial charge on any atom is 0.151 e. The highest BCUT2D eigenvalue weighted by molar-refractivity contribution is 5.58. The fourth-order valence-electron chi connectivity index (χ4n) is 1.37. The van der Waals surface area contributed by atoms with Crippen molar-refractivity contribution in [3.63, 3.8) is 0 Å². The van der Waals surface area contributed by atoms with E-state index in [4.69, 9.17) is 14.2 Å². The lowest BCUT2D eigenvalue weighted by Crippen LogP contribution is -2.38. The van der Waals surface area contributed by atoms with Crippen LogP contribution in [0.15, 0.2) is 24.8 Å². The summed E-state index contributed by atoms with van der Waals surface area (Å²) < 4.78 is 15.5. The highest BCUT2D eigenvalue weighted by atomic mass is 16.7. The van der Waals surface area contributed by atoms with Crippen molar-refractivity contribution in [1.82, 2.24) is 0 Å². The van der Waals surface area contributed by atoms with E-state index in [0.29, 0.717) is 6.42 Å². The smallest absolute Gasteiger partial charge is 0.151 e. The molecule has 15 heavy (non-hydrogen) atoms. The summed E-state index contributed by atoms with van der Waals surface area (Å²) in [6.07, 6.45) is 5.90. The molecule has 0 aliphatic carbocycles. The highest BCUT2D eigenvalue weighted by Gasteiger charge is 2.26. The molecule has 1 heterocycles. The molecule has 0 aromatic carbocycles. The van der Waals surface area contributed by atoms with Gasteiger partial charge in [-0.05, 0) is 6.42 Å². The average molecular weight is 212 g/mol. The van der Waals surface area contributed by atoms with Crippen LogP contribution in [0.4, 0.5) is 0 Å². The summed E-state index contributed by atoms with van der Waals surface area (Å²) in [5.74, 6) is 0. The maximum absolute atomic E-state index is 10.8. The van der Waals surface area contributed by atoms with Crippen LogP contribution < -0.4 is 0 Å². The molecule has 0 spiro atoms. The van der Waals surface area contributed by atoms with Gasteiger partial charge in [0.2, 0.25) is 0 Å². The van der Waals surface area contributed by atoms with Crippen molar-refractivity contribution in [2.45, 2.75) is 24.7 Å². The number of hydrogen-bond acceptors (Lipinski definition) is 4. The van der Waals surface area contributed by atoms with E-state index in [1.165, 1.54) is 7.11 Å². The van der Waals surface area contributed by atoms with Crippen molar-refractivity contribution in [2.75, 3.05) is 13.9 Å². The third kappa shape index (κ3) is 3.58. The second kappa shape index (κ2) is 6.50. The van der Waals surface area contributed by atoms with E-state index in [0.717, 1.165) is 6.29 Å². The molecule has 0 unspecified atom stereocenters. The third-order valence-electron chi connectivity index (χ3n) is 2.08. The Morgan fingerprint density at radius 1 is 1.53 bits per heavy atom. The monoisotopic (exact) mass is 212 g/mol. The topological polar surface area (TPSA) is 44.8 Å². The van der Waals surface area contributed by atoms with Gasteiger partial charge in [-0.3, -0.25) is 0 Å². The minimum atomic E-state index is -0.560. The van der Waals surface area contributed by atoms with E-state index in [-0.39, 0.29) is 19.0 Å². The number of methoxy groups -OCH3 is 1. The number of carbonyl (C=O) groups is 1. The van der Waals surface area contributed by atoms with E-state index in [1.807, 2.05) is 12.2 Å². The van der Waals surface area contributed by atoms with Crippen LogP contribution in [0, 0.1) is 0 Å². The first-order valence-corrected chi connectivity index (χ1v) is 4.82. The van der Waals surface area contributed by atoms with Crippen LogP contribution in [-0.4, -0.2) is 38.5 Å². The van der Waals surface area contributed by atoms with Crippen molar-refractivity contribution in [2.24, 2.45) is 0 Å². The summed E-state index contributed by atoms with van der Waals surface area (Å²) in [5.41, 5.74) is 0. The molecule has 84 valence electrons. The molecule has 3 atom stereocenters. The quantitative estimate of drug-likeness (QED) is 0.375. The molecular formula is C11H16O4. The van der Waals surface area contributed by atoms with E-state index in [1.54, 1.807) is 6.08 Å². The van der Waals surface area contributed by atoms with Crippen molar-refractivity contribution in [1.29, 1.82) is 0 Å². The molecule has 1 aliphatic heterocycles. The van der Waals surface area contributed by atoms with Gasteiger partial charge in [-0.2, -0.15) is 0 Å². The zero-order valence-electron chi connectivity index (χ0n) is 8.80. The molecule has 0 saturated carbocycles. The van der Waals surface area contributed by atoms with Gasteiger partial charge in [0.25, 0.3) is 0 Å². The molecule has 4 heteroatoms. The summed E-state index contributed by atoms with van der Waals surface area (Å²) in [6, 6.07) is 0. The van der Waals surface area contributed by atoms with Gasteiger partial charge < -0.3 is 19.0 Å². The Bertz CT molecular complexity index is 237. The number of aldehydes is 1. The first-order chi connectivity index (χ1) is 7.31. The molecule has 1 rings (SSSR count). The zero-order valence-corrected chi connectivity index (χ0v) is 8.80. The van der Waals surface area contributed by atoms with Crippen LogP contribution in [0.2, 0.25) is 0 Å². The van der Waals surface area contributed by atoms with Gasteiger partial charge in [0.1, 0.15) is 19.0 Å². The van der Waals surface area contributed by atoms with Crippen molar-refractivity contribution >= 4 is 6.29 Å². The minimum absolute atomic E-state index is 0.0832. The molecule has 0 bridgehead atoms. The van der Waals surface area contributed by atoms with Gasteiger partial charge in [0.15, 0.2) is 6.29 Å². The molecule has 0 fully saturated rings. The normalized spacial score (nSPS) is 30.1. The first-order valence-electron chi connectivity index (χ1n) is 4.82. The van der Waals surface area contributed by atoms with Crippen molar-refractivity contribution in [3.8, 4) is 0 Å². The standard InChI is InChI=1S/C11H16O4/c1-3-4-9-5-6-10(14-8-13-2)11(7-12)15-9/h3,5-7,9-11H,1,4,8H2,2H3/t9-,10-,11-/m0/s1. The predicted molar refractivity (Wildman–Crippen MR) is 55.4 cm³/mol. The number of hydrogen-bond donors (Lipinski definition) is 0. The number of carbonyl (C=O) groups excluding carboxylic acids is 1. The molecular weight excluding hydrogens is 196 g/mol. The van der Waals surface area contributed by atoms with Gasteiger partial charge in [-0.25, -0.2) is 0 Å². The minimum Gasteiger partial charge on any atom is -0.360 e. The molecule has 0 saturated heterocycles. The zero-order chi connectivity index (χ0) is 11.1. The second-order valence-corrected chi connectivity index (χ2v) is 3.22. The Morgan fingerprint density at radius 3 is 2.93 bits per heavy atom. The van der Waals surface area contributed by atoms with Crippen LogP contribution in [-0.2, 0) is 19.0 Å². The summed E-state index contributed by atoms with van der Waals surface area (Å²) in [4.78, 5) is 10.8. The number of rotatable bonds is 6. The molecule has 4 nitrogen and oxygen atoms in total. The summed E-state index contributed by atoms with van der Waals surface area (Å²) >= 11 is 0. The van der Waals surface area contributed by atoms with Gasteiger partial charge in [0, 0.05) is 7.11 Å². The fourth-order valence-corrected chi connectivity index (χ4v) is 1.37. The van der Waals surface area contributed by atoms with Gasteiger partial charge in [0.05, 0.1) is 6.10 Å². The third-order valence-corrected chi connectivity index (χ3v) is 2.08. The van der Waals surface area contributed by atoms with Crippen LogP contribution in [0.1, 0.15) is 6.42 Å². The van der Waals surface area contributed by atoms with Gasteiger partial charge in [-0.15, -0.1) is 6.58 Å². The van der Waals surface area contributed by atoms with Crippen LogP contribution in [0.25, 0.3) is 0 Å². The highest BCUT2D eigenvalue weighted by Crippen LogP contribution is 2.16. The van der Waals surface area contributed by atoms with E-state index >= 15 is 0 Å². The fraction of sp³-hybridized carbons (Fsp3) is 0.545. The Morgan fingerprint density at radius 2 is 2.33 bits per heavy atom. The van der Waals surface area contributed by atoms with E-state index in [9.17, 15) is 4.79 Å². The number of ether oxygens (including phenoxy) is 3. The summed E-state index contributed by atoms with van der Waals surface area (Å²) in [5, 5.41) is 0. The Labute approximate surface area is 89.5 Å². The molecule has 0 aromatic heterocycles. The predicted octanol–water partition coefficient (Wildman–Crippen LogP) is 1.07. The van der Waals surface area contributed by atoms with E-state index in [2.05, 4.69) is 6.58 Å². The SMILES string of the molecule is C=CC[C@H]1C=C[C@H](OCOC)[C@H](C=O)O1. The summed E-state index contributed by atoms with van der Waals surface area (Å²) in [7, 11) is 1.53. The Kier molecular flexibility index (Phi) is 5.25. The lowest BCUT2D eigenvalue weighted by Gasteiger charge is -2.28. The van der Waals surface area contributed by atoms with E-state index < -0.39 is 6.10 Å². The molecule has 0 N–H and O–H groups in total. The van der Waals surface area contributed by atoms with Gasteiger partial charge >= 0.3 is 0 Å². The van der Waals surface area contributed by atoms with Crippen LogP contribution in [0.3, 0.4) is 0 Å². The Balaban J connectivity index is 2.53.